The van der Waals surface area contributed by atoms with Crippen molar-refractivity contribution >= 4 is 0 Å². The molecule has 0 spiro atoms. The molecule has 0 saturated heterocycles. The summed E-state index contributed by atoms with van der Waals surface area (Å²) in [5.41, 5.74) is 2.61. The van der Waals surface area contributed by atoms with E-state index in [0.29, 0.717) is 0 Å². The van der Waals surface area contributed by atoms with Gasteiger partial charge in [0.2, 0.25) is 0 Å². The fourth-order valence-electron chi connectivity index (χ4n) is 2.60. The molecule has 0 fully saturated rings. The Morgan fingerprint density at radius 2 is 1.77 bits per heavy atom. The molecule has 2 aromatic carbocycles. The highest BCUT2D eigenvalue weighted by atomic mass is 16.5. The van der Waals surface area contributed by atoms with Crippen molar-refractivity contribution in [1.29, 1.82) is 0 Å². The van der Waals surface area contributed by atoms with Crippen molar-refractivity contribution in [2.75, 3.05) is 0 Å². The maximum atomic E-state index is 6.25. The van der Waals surface area contributed by atoms with Gasteiger partial charge in [-0.15, -0.1) is 6.58 Å². The van der Waals surface area contributed by atoms with E-state index in [4.69, 9.17) is 4.74 Å². The van der Waals surface area contributed by atoms with E-state index in [1.165, 1.54) is 17.5 Å². The normalized spacial score (nSPS) is 11.9. The first-order chi connectivity index (χ1) is 10.8. The third kappa shape index (κ3) is 5.07. The summed E-state index contributed by atoms with van der Waals surface area (Å²) in [5, 5.41) is 0. The highest BCUT2D eigenvalue weighted by molar-refractivity contribution is 5.28. The molecule has 116 valence electrons. The summed E-state index contributed by atoms with van der Waals surface area (Å²) < 4.78 is 6.25. The second-order valence-electron chi connectivity index (χ2n) is 5.63. The molecule has 0 N–H and O–H groups in total. The highest BCUT2D eigenvalue weighted by Gasteiger charge is 2.12. The summed E-state index contributed by atoms with van der Waals surface area (Å²) in [6, 6.07) is 19.0. The first kappa shape index (κ1) is 16.4. The minimum atomic E-state index is 0.109. The quantitative estimate of drug-likeness (QED) is 0.400. The van der Waals surface area contributed by atoms with E-state index in [1.807, 2.05) is 12.1 Å². The Bertz CT molecular complexity index is 542. The lowest BCUT2D eigenvalue weighted by Crippen LogP contribution is -2.07. The van der Waals surface area contributed by atoms with Gasteiger partial charge in [0.15, 0.2) is 0 Å². The maximum Gasteiger partial charge on any atom is 0.124 e. The van der Waals surface area contributed by atoms with E-state index in [2.05, 4.69) is 62.0 Å². The lowest BCUT2D eigenvalue weighted by molar-refractivity contribution is 0.192. The van der Waals surface area contributed by atoms with E-state index in [-0.39, 0.29) is 6.10 Å². The molecule has 0 saturated carbocycles. The Morgan fingerprint density at radius 3 is 2.41 bits per heavy atom. The van der Waals surface area contributed by atoms with Crippen molar-refractivity contribution in [3.63, 3.8) is 0 Å². The monoisotopic (exact) mass is 294 g/mol. The second-order valence-corrected chi connectivity index (χ2v) is 5.63. The Labute approximate surface area is 134 Å². The van der Waals surface area contributed by atoms with E-state index >= 15 is 0 Å². The first-order valence-electron chi connectivity index (χ1n) is 8.25. The molecule has 0 bridgehead atoms. The van der Waals surface area contributed by atoms with Crippen LogP contribution in [0.5, 0.6) is 5.75 Å². The van der Waals surface area contributed by atoms with Crippen LogP contribution in [0, 0.1) is 0 Å². The summed E-state index contributed by atoms with van der Waals surface area (Å²) in [5.74, 6) is 0.951. The third-order valence-electron chi connectivity index (χ3n) is 3.79. The van der Waals surface area contributed by atoms with E-state index in [1.54, 1.807) is 0 Å². The molecule has 0 heterocycles. The maximum absolute atomic E-state index is 6.25. The summed E-state index contributed by atoms with van der Waals surface area (Å²) in [4.78, 5) is 0. The number of aryl methyl sites for hydroxylation is 1. The molecule has 0 aliphatic carbocycles. The molecule has 2 rings (SSSR count). The zero-order valence-electron chi connectivity index (χ0n) is 13.5. The number of unbranched alkanes of at least 4 members (excludes halogenated alkanes) is 1. The molecule has 0 amide bonds. The van der Waals surface area contributed by atoms with E-state index in [9.17, 15) is 0 Å². The van der Waals surface area contributed by atoms with Gasteiger partial charge in [-0.25, -0.2) is 0 Å². The van der Waals surface area contributed by atoms with Crippen LogP contribution in [0.3, 0.4) is 0 Å². The molecule has 22 heavy (non-hydrogen) atoms. The van der Waals surface area contributed by atoms with Crippen LogP contribution in [0.25, 0.3) is 0 Å². The van der Waals surface area contributed by atoms with Crippen LogP contribution in [-0.2, 0) is 6.42 Å². The van der Waals surface area contributed by atoms with Gasteiger partial charge >= 0.3 is 0 Å². The van der Waals surface area contributed by atoms with Gasteiger partial charge in [-0.05, 0) is 48.9 Å². The summed E-state index contributed by atoms with van der Waals surface area (Å²) >= 11 is 0. The third-order valence-corrected chi connectivity index (χ3v) is 3.79. The second kappa shape index (κ2) is 9.09. The van der Waals surface area contributed by atoms with Gasteiger partial charge in [-0.3, -0.25) is 0 Å². The average molecular weight is 294 g/mol. The predicted octanol–water partition coefficient (Wildman–Crippen LogP) is 6.12. The van der Waals surface area contributed by atoms with Gasteiger partial charge < -0.3 is 4.74 Å². The largest absolute Gasteiger partial charge is 0.486 e. The Hall–Kier alpha value is -2.02. The first-order valence-corrected chi connectivity index (χ1v) is 8.25. The van der Waals surface area contributed by atoms with Crippen molar-refractivity contribution in [2.45, 2.75) is 45.1 Å². The number of rotatable bonds is 9. The molecule has 0 aliphatic heterocycles. The Balaban J connectivity index is 2.06. The van der Waals surface area contributed by atoms with Crippen LogP contribution in [-0.4, -0.2) is 0 Å². The topological polar surface area (TPSA) is 9.23 Å². The van der Waals surface area contributed by atoms with Gasteiger partial charge in [0, 0.05) is 0 Å². The molecule has 2 aromatic rings. The number of benzene rings is 2. The van der Waals surface area contributed by atoms with Crippen molar-refractivity contribution in [1.82, 2.24) is 0 Å². The van der Waals surface area contributed by atoms with E-state index < -0.39 is 0 Å². The van der Waals surface area contributed by atoms with Crippen LogP contribution in [0.2, 0.25) is 0 Å². The van der Waals surface area contributed by atoms with Gasteiger partial charge in [0.25, 0.3) is 0 Å². The molecule has 1 unspecified atom stereocenters. The fourth-order valence-corrected chi connectivity index (χ4v) is 2.60. The van der Waals surface area contributed by atoms with Crippen LogP contribution in [0.4, 0.5) is 0 Å². The zero-order valence-corrected chi connectivity index (χ0v) is 13.5. The SMILES string of the molecule is C=CCCCC(Oc1ccc(CCC)cc1)c1ccccc1. The average Bonchev–Trinajstić information content (AvgIpc) is 2.57. The van der Waals surface area contributed by atoms with Crippen molar-refractivity contribution in [3.8, 4) is 5.75 Å². The zero-order chi connectivity index (χ0) is 15.6. The smallest absolute Gasteiger partial charge is 0.124 e. The molecular formula is C21H26O. The summed E-state index contributed by atoms with van der Waals surface area (Å²) in [7, 11) is 0. The number of allylic oxidation sites excluding steroid dienone is 1. The Morgan fingerprint density at radius 1 is 1.05 bits per heavy atom. The molecule has 0 aromatic heterocycles. The van der Waals surface area contributed by atoms with Crippen LogP contribution in [0.1, 0.15) is 49.8 Å². The highest BCUT2D eigenvalue weighted by Crippen LogP contribution is 2.27. The minimum absolute atomic E-state index is 0.109. The predicted molar refractivity (Wildman–Crippen MR) is 94.3 cm³/mol. The minimum Gasteiger partial charge on any atom is -0.486 e. The molecule has 1 heteroatoms. The van der Waals surface area contributed by atoms with Gasteiger partial charge in [-0.2, -0.15) is 0 Å². The Kier molecular flexibility index (Phi) is 6.76. The fraction of sp³-hybridized carbons (Fsp3) is 0.333. The van der Waals surface area contributed by atoms with E-state index in [0.717, 1.165) is 31.4 Å². The molecule has 1 atom stereocenters. The number of hydrogen-bond acceptors (Lipinski definition) is 1. The molecule has 1 nitrogen and oxygen atoms in total. The van der Waals surface area contributed by atoms with Gasteiger partial charge in [0.05, 0.1) is 0 Å². The summed E-state index contributed by atoms with van der Waals surface area (Å²) in [6.45, 7) is 6.00. The molecule has 0 radical (unpaired) electrons. The lowest BCUT2D eigenvalue weighted by Gasteiger charge is -2.19. The lowest BCUT2D eigenvalue weighted by atomic mass is 10.0. The molecular weight excluding hydrogens is 268 g/mol. The standard InChI is InChI=1S/C21H26O/c1-3-5-7-13-21(19-11-8-6-9-12-19)22-20-16-14-18(10-4-2)15-17-20/h3,6,8-9,11-12,14-17,21H,1,4-5,7,10,13H2,2H3. The van der Waals surface area contributed by atoms with Crippen LogP contribution < -0.4 is 4.74 Å². The van der Waals surface area contributed by atoms with Crippen molar-refractivity contribution < 1.29 is 4.74 Å². The molecule has 0 aliphatic rings. The van der Waals surface area contributed by atoms with Crippen molar-refractivity contribution in [3.05, 3.63) is 78.4 Å². The van der Waals surface area contributed by atoms with Gasteiger partial charge in [0.1, 0.15) is 11.9 Å². The van der Waals surface area contributed by atoms with Crippen molar-refractivity contribution in [2.24, 2.45) is 0 Å². The van der Waals surface area contributed by atoms with Gasteiger partial charge in [-0.1, -0.05) is 61.9 Å². The van der Waals surface area contributed by atoms with Crippen LogP contribution in [0.15, 0.2) is 67.3 Å². The summed E-state index contributed by atoms with van der Waals surface area (Å²) in [6.07, 6.45) is 7.52. The number of hydrogen-bond donors (Lipinski definition) is 0. The van der Waals surface area contributed by atoms with Crippen LogP contribution >= 0.6 is 0 Å². The number of ether oxygens (including phenoxy) is 1.